The molecule has 2 bridgehead atoms. The third-order valence-corrected chi connectivity index (χ3v) is 3.91. The van der Waals surface area contributed by atoms with Crippen LogP contribution in [-0.2, 0) is 9.63 Å². The second-order valence-corrected chi connectivity index (χ2v) is 5.26. The smallest absolute Gasteiger partial charge is 0.335 e. The van der Waals surface area contributed by atoms with Crippen LogP contribution in [0.3, 0.4) is 0 Å². The van der Waals surface area contributed by atoms with Gasteiger partial charge in [0.25, 0.3) is 5.91 Å². The Balaban J connectivity index is 1.50. The van der Waals surface area contributed by atoms with E-state index in [4.69, 9.17) is 4.84 Å². The summed E-state index contributed by atoms with van der Waals surface area (Å²) in [5.41, 5.74) is 2.65. The topological polar surface area (TPSA) is 83.2 Å². The highest BCUT2D eigenvalue weighted by Crippen LogP contribution is 2.31. The average Bonchev–Trinajstić information content (AvgIpc) is 3.05. The first-order chi connectivity index (χ1) is 9.22. The molecular weight excluding hydrogens is 246 g/mol. The number of piperidine rings is 1. The number of hydrogen-bond donors (Lipinski definition) is 3. The highest BCUT2D eigenvalue weighted by atomic mass is 16.7. The molecule has 102 valence electrons. The Bertz CT molecular complexity index is 459. The van der Waals surface area contributed by atoms with E-state index in [9.17, 15) is 9.59 Å². The zero-order chi connectivity index (χ0) is 13.2. The number of aromatic nitrogens is 1. The molecule has 1 amide bonds. The summed E-state index contributed by atoms with van der Waals surface area (Å²) in [5, 5.41) is 3.46. The lowest BCUT2D eigenvalue weighted by Crippen LogP contribution is -2.42. The predicted molar refractivity (Wildman–Crippen MR) is 67.0 cm³/mol. The van der Waals surface area contributed by atoms with Crippen LogP contribution in [0, 0.1) is 5.92 Å². The number of hydrogen-bond acceptors (Lipinski definition) is 4. The van der Waals surface area contributed by atoms with Crippen LogP contribution in [0.2, 0.25) is 0 Å². The monoisotopic (exact) mass is 263 g/mol. The van der Waals surface area contributed by atoms with Crippen molar-refractivity contribution in [1.29, 1.82) is 0 Å². The first kappa shape index (κ1) is 12.2. The van der Waals surface area contributed by atoms with Crippen molar-refractivity contribution in [3.63, 3.8) is 0 Å². The minimum Gasteiger partial charge on any atom is -0.367 e. The van der Waals surface area contributed by atoms with Gasteiger partial charge >= 0.3 is 5.97 Å². The molecule has 2 atom stereocenters. The van der Waals surface area contributed by atoms with Crippen molar-refractivity contribution >= 4 is 11.9 Å². The summed E-state index contributed by atoms with van der Waals surface area (Å²) in [4.78, 5) is 31.2. The number of H-pyrrole nitrogens is 1. The van der Waals surface area contributed by atoms with Crippen LogP contribution in [0.5, 0.6) is 0 Å². The lowest BCUT2D eigenvalue weighted by atomic mass is 9.93. The van der Waals surface area contributed by atoms with Gasteiger partial charge in [-0.05, 0) is 31.7 Å². The number of carbonyl (C=O) groups excluding carboxylic acids is 2. The number of nitrogens with one attached hydrogen (secondary N) is 3. The molecule has 0 spiro atoms. The molecule has 1 aromatic heterocycles. The summed E-state index contributed by atoms with van der Waals surface area (Å²) in [6.07, 6.45) is 7.05. The molecule has 19 heavy (non-hydrogen) atoms. The number of hydroxylamine groups is 1. The van der Waals surface area contributed by atoms with Crippen LogP contribution in [0.25, 0.3) is 0 Å². The highest BCUT2D eigenvalue weighted by Gasteiger charge is 2.37. The second-order valence-electron chi connectivity index (χ2n) is 5.26. The van der Waals surface area contributed by atoms with Gasteiger partial charge in [-0.2, -0.15) is 5.48 Å². The molecule has 2 saturated heterocycles. The maximum absolute atomic E-state index is 11.9. The van der Waals surface area contributed by atoms with Gasteiger partial charge in [-0.15, -0.1) is 0 Å². The third kappa shape index (κ3) is 2.63. The van der Waals surface area contributed by atoms with Crippen molar-refractivity contribution in [2.24, 2.45) is 5.92 Å². The van der Waals surface area contributed by atoms with Gasteiger partial charge < -0.3 is 15.1 Å². The fourth-order valence-electron chi connectivity index (χ4n) is 2.95. The fraction of sp³-hybridized carbons (Fsp3) is 0.538. The standard InChI is InChI=1S/C13H17N3O3/c17-12(8-3-4-14-7-8)16-19-13(18)9-5-10-1-2-11(6-9)15-10/h3-4,7,9-11,14-15H,1-2,5-6H2,(H,16,17). The summed E-state index contributed by atoms with van der Waals surface area (Å²) in [5.74, 6) is -0.848. The number of carbonyl (C=O) groups is 2. The molecule has 1 aromatic rings. The second kappa shape index (κ2) is 5.05. The van der Waals surface area contributed by atoms with E-state index in [0.717, 1.165) is 25.7 Å². The van der Waals surface area contributed by atoms with Gasteiger partial charge in [-0.3, -0.25) is 4.79 Å². The summed E-state index contributed by atoms with van der Waals surface area (Å²) >= 11 is 0. The predicted octanol–water partition coefficient (Wildman–Crippen LogP) is 0.733. The van der Waals surface area contributed by atoms with Gasteiger partial charge in [0.2, 0.25) is 0 Å². The van der Waals surface area contributed by atoms with Gasteiger partial charge in [0.1, 0.15) is 0 Å². The third-order valence-electron chi connectivity index (χ3n) is 3.91. The van der Waals surface area contributed by atoms with Gasteiger partial charge in [0.05, 0.1) is 11.5 Å². The van der Waals surface area contributed by atoms with Gasteiger partial charge in [0.15, 0.2) is 0 Å². The van der Waals surface area contributed by atoms with Crippen LogP contribution >= 0.6 is 0 Å². The Morgan fingerprint density at radius 1 is 1.26 bits per heavy atom. The molecule has 2 aliphatic rings. The van der Waals surface area contributed by atoms with Crippen LogP contribution in [0.4, 0.5) is 0 Å². The minimum atomic E-state index is -0.411. The van der Waals surface area contributed by atoms with E-state index in [0.29, 0.717) is 17.6 Å². The van der Waals surface area contributed by atoms with Gasteiger partial charge in [-0.25, -0.2) is 4.79 Å². The van der Waals surface area contributed by atoms with E-state index in [1.165, 1.54) is 0 Å². The van der Waals surface area contributed by atoms with E-state index in [-0.39, 0.29) is 11.9 Å². The number of aromatic amines is 1. The van der Waals surface area contributed by atoms with Crippen molar-refractivity contribution in [2.75, 3.05) is 0 Å². The Morgan fingerprint density at radius 3 is 2.63 bits per heavy atom. The molecule has 0 aromatic carbocycles. The maximum Gasteiger partial charge on any atom is 0.335 e. The summed E-state index contributed by atoms with van der Waals surface area (Å²) in [6.45, 7) is 0. The Kier molecular flexibility index (Phi) is 3.25. The first-order valence-corrected chi connectivity index (χ1v) is 6.62. The van der Waals surface area contributed by atoms with Crippen molar-refractivity contribution < 1.29 is 14.4 Å². The number of rotatable bonds is 2. The molecule has 0 aliphatic carbocycles. The lowest BCUT2D eigenvalue weighted by Gasteiger charge is -2.27. The molecule has 0 saturated carbocycles. The molecule has 3 heterocycles. The average molecular weight is 263 g/mol. The summed E-state index contributed by atoms with van der Waals surface area (Å²) in [6, 6.07) is 2.47. The van der Waals surface area contributed by atoms with Crippen LogP contribution in [0.15, 0.2) is 18.5 Å². The van der Waals surface area contributed by atoms with Crippen molar-refractivity contribution in [2.45, 2.75) is 37.8 Å². The zero-order valence-corrected chi connectivity index (χ0v) is 10.5. The maximum atomic E-state index is 11.9. The van der Waals surface area contributed by atoms with E-state index < -0.39 is 5.91 Å². The molecule has 2 fully saturated rings. The van der Waals surface area contributed by atoms with E-state index in [1.54, 1.807) is 18.5 Å². The van der Waals surface area contributed by atoms with Gasteiger partial charge in [0, 0.05) is 24.5 Å². The van der Waals surface area contributed by atoms with E-state index in [2.05, 4.69) is 15.8 Å². The molecular formula is C13H17N3O3. The molecule has 6 nitrogen and oxygen atoms in total. The van der Waals surface area contributed by atoms with Crippen LogP contribution in [-0.4, -0.2) is 28.9 Å². The molecule has 2 unspecified atom stereocenters. The Labute approximate surface area is 110 Å². The van der Waals surface area contributed by atoms with Crippen LogP contribution < -0.4 is 10.8 Å². The number of amides is 1. The highest BCUT2D eigenvalue weighted by molar-refractivity contribution is 5.94. The molecule has 0 radical (unpaired) electrons. The molecule has 2 aliphatic heterocycles. The summed E-state index contributed by atoms with van der Waals surface area (Å²) < 4.78 is 0. The normalized spacial score (nSPS) is 28.9. The van der Waals surface area contributed by atoms with E-state index >= 15 is 0 Å². The Hall–Kier alpha value is -1.82. The minimum absolute atomic E-state index is 0.106. The number of fused-ring (bicyclic) bond motifs is 2. The zero-order valence-electron chi connectivity index (χ0n) is 10.5. The summed E-state index contributed by atoms with van der Waals surface area (Å²) in [7, 11) is 0. The van der Waals surface area contributed by atoms with Crippen molar-refractivity contribution in [1.82, 2.24) is 15.8 Å². The first-order valence-electron chi connectivity index (χ1n) is 6.62. The molecule has 3 N–H and O–H groups in total. The van der Waals surface area contributed by atoms with Crippen molar-refractivity contribution in [3.05, 3.63) is 24.0 Å². The SMILES string of the molecule is O=C(NOC(=O)C1CC2CCC(C1)N2)c1cc[nH]c1. The molecule has 3 rings (SSSR count). The largest absolute Gasteiger partial charge is 0.367 e. The lowest BCUT2D eigenvalue weighted by molar-refractivity contribution is -0.155. The van der Waals surface area contributed by atoms with E-state index in [1.807, 2.05) is 0 Å². The quantitative estimate of drug-likeness (QED) is 0.687. The Morgan fingerprint density at radius 2 is 2.00 bits per heavy atom. The van der Waals surface area contributed by atoms with Crippen LogP contribution in [0.1, 0.15) is 36.0 Å². The fourth-order valence-corrected chi connectivity index (χ4v) is 2.95. The van der Waals surface area contributed by atoms with Crippen molar-refractivity contribution in [3.8, 4) is 0 Å². The molecule has 6 heteroatoms. The van der Waals surface area contributed by atoms with Gasteiger partial charge in [-0.1, -0.05) is 0 Å².